The molecule has 1 rings (SSSR count). The first-order chi connectivity index (χ1) is 5.13. The van der Waals surface area contributed by atoms with Gasteiger partial charge in [-0.2, -0.15) is 18.2 Å². The molecule has 3 nitrogen and oxygen atoms in total. The second-order valence-electron chi connectivity index (χ2n) is 1.57. The smallest absolute Gasteiger partial charge is 0.402 e. The van der Waals surface area contributed by atoms with Crippen molar-refractivity contribution in [2.24, 2.45) is 0 Å². The Balaban J connectivity index is 0. The number of hydrogen-bond donors (Lipinski definition) is 3. The topological polar surface area (TPSA) is 60.7 Å². The van der Waals surface area contributed by atoms with Gasteiger partial charge in [-0.25, -0.2) is 0 Å². The van der Waals surface area contributed by atoms with E-state index >= 15 is 0 Å². The quantitative estimate of drug-likeness (QED) is 0.276. The minimum atomic E-state index is -2.17. The van der Waals surface area contributed by atoms with Gasteiger partial charge < -0.3 is 15.1 Å². The first kappa shape index (κ1) is 14.2. The number of benzene rings is 1. The van der Waals surface area contributed by atoms with Crippen LogP contribution in [0.4, 0.5) is 4.39 Å². The van der Waals surface area contributed by atoms with Crippen LogP contribution < -0.4 is 18.9 Å². The van der Waals surface area contributed by atoms with Crippen molar-refractivity contribution in [1.29, 1.82) is 0 Å². The molecule has 0 heterocycles. The zero-order chi connectivity index (χ0) is 8.69. The van der Waals surface area contributed by atoms with E-state index in [0.717, 1.165) is 0 Å². The van der Waals surface area contributed by atoms with Gasteiger partial charge in [0, 0.05) is 5.82 Å². The molecule has 0 radical (unpaired) electrons. The van der Waals surface area contributed by atoms with E-state index in [4.69, 9.17) is 15.1 Å². The fourth-order valence-corrected chi connectivity index (χ4v) is 0.371. The van der Waals surface area contributed by atoms with Crippen LogP contribution in [0.5, 0.6) is 0 Å². The van der Waals surface area contributed by atoms with Crippen molar-refractivity contribution in [1.82, 2.24) is 0 Å². The van der Waals surface area contributed by atoms with Gasteiger partial charge in [0.1, 0.15) is 0 Å². The predicted octanol–water partition coefficient (Wildman–Crippen LogP) is -3.42. The van der Waals surface area contributed by atoms with Gasteiger partial charge in [-0.15, -0.1) is 12.1 Å². The molecule has 3 N–H and O–H groups in total. The van der Waals surface area contributed by atoms with Crippen LogP contribution in [0.15, 0.2) is 24.3 Å². The van der Waals surface area contributed by atoms with Gasteiger partial charge >= 0.3 is 26.2 Å². The number of hydrogen-bond acceptors (Lipinski definition) is 3. The van der Waals surface area contributed by atoms with Gasteiger partial charge in [0.25, 0.3) is 0 Å². The molecule has 0 aliphatic carbocycles. The molecule has 1 aromatic rings. The van der Waals surface area contributed by atoms with Crippen molar-refractivity contribution in [3.8, 4) is 0 Å². The van der Waals surface area contributed by atoms with Crippen LogP contribution >= 0.6 is 0 Å². The third-order valence-corrected chi connectivity index (χ3v) is 0.669. The summed E-state index contributed by atoms with van der Waals surface area (Å²) in [7, 11) is -2.17. The Bertz CT molecular complexity index is 183. The molecular weight excluding hydrogens is 157 g/mol. The zero-order valence-electron chi connectivity index (χ0n) is 6.61. The van der Waals surface area contributed by atoms with Crippen molar-refractivity contribution in [2.45, 2.75) is 0 Å². The van der Waals surface area contributed by atoms with E-state index in [2.05, 4.69) is 6.07 Å². The maximum atomic E-state index is 11.9. The van der Waals surface area contributed by atoms with Crippen LogP contribution in [0.2, 0.25) is 0 Å². The van der Waals surface area contributed by atoms with Gasteiger partial charge in [-0.1, -0.05) is 0 Å². The molecule has 0 fully saturated rings. The molecule has 0 atom stereocenters. The second kappa shape index (κ2) is 8.79. The van der Waals surface area contributed by atoms with Crippen LogP contribution in [-0.2, 0) is 0 Å². The summed E-state index contributed by atoms with van der Waals surface area (Å²) < 4.78 is 11.9. The van der Waals surface area contributed by atoms with Crippen LogP contribution in [-0.4, -0.2) is 22.4 Å². The molecule has 0 unspecified atom stereocenters. The average molecular weight is 164 g/mol. The van der Waals surface area contributed by atoms with Gasteiger partial charge in [0.05, 0.1) is 0 Å². The molecule has 0 aliphatic rings. The molecule has 0 aromatic heterocycles. The Labute approximate surface area is 82.2 Å². The van der Waals surface area contributed by atoms with Crippen LogP contribution in [0.1, 0.15) is 0 Å². The maximum absolute atomic E-state index is 11.9. The minimum absolute atomic E-state index is 0. The third-order valence-electron chi connectivity index (χ3n) is 0.669. The van der Waals surface area contributed by atoms with Gasteiger partial charge in [0.2, 0.25) is 0 Å². The summed E-state index contributed by atoms with van der Waals surface area (Å²) in [5, 5.41) is 21.5. The third kappa shape index (κ3) is 12.4. The Hall–Kier alpha value is -0.308. The average Bonchev–Trinajstić information content (AvgIpc) is 1.87. The van der Waals surface area contributed by atoms with E-state index in [9.17, 15) is 4.39 Å². The van der Waals surface area contributed by atoms with E-state index in [-0.39, 0.29) is 24.7 Å². The summed E-state index contributed by atoms with van der Waals surface area (Å²) in [5.74, 6) is -0.234. The van der Waals surface area contributed by atoms with Crippen LogP contribution in [0.3, 0.4) is 0 Å². The predicted molar refractivity (Wildman–Crippen MR) is 37.6 cm³/mol. The Morgan fingerprint density at radius 3 is 2.00 bits per heavy atom. The first-order valence-electron chi connectivity index (χ1n) is 2.78. The van der Waals surface area contributed by atoms with E-state index in [0.29, 0.717) is 0 Å². The van der Waals surface area contributed by atoms with Gasteiger partial charge in [-0.3, -0.25) is 4.39 Å². The monoisotopic (exact) mass is 164 g/mol. The van der Waals surface area contributed by atoms with Crippen molar-refractivity contribution in [2.75, 3.05) is 0 Å². The summed E-state index contributed by atoms with van der Waals surface area (Å²) >= 11 is 0. The molecule has 0 bridgehead atoms. The molecule has 6 heteroatoms. The molecular formula is C6H7BFLiO3. The summed E-state index contributed by atoms with van der Waals surface area (Å²) in [6.45, 7) is 0. The summed E-state index contributed by atoms with van der Waals surface area (Å²) in [4.78, 5) is 0. The SMILES string of the molecule is Fc1c[c-]ccc1.OB(O)O.[Li+]. The number of rotatable bonds is 0. The number of halogens is 1. The fraction of sp³-hybridized carbons (Fsp3) is 0. The summed E-state index contributed by atoms with van der Waals surface area (Å²) in [5.41, 5.74) is 0. The van der Waals surface area contributed by atoms with Gasteiger partial charge in [-0.05, 0) is 0 Å². The van der Waals surface area contributed by atoms with Gasteiger partial charge in [0.15, 0.2) is 0 Å². The van der Waals surface area contributed by atoms with Crippen LogP contribution in [0.25, 0.3) is 0 Å². The maximum Gasteiger partial charge on any atom is 1.00 e. The van der Waals surface area contributed by atoms with Crippen LogP contribution in [0, 0.1) is 11.9 Å². The molecule has 0 amide bonds. The standard InChI is InChI=1S/C6H4F.BH3O3.Li/c7-6-4-2-1-3-5-6;2-1(3)4;/h1-2,4-5H;2-4H;/q-1;;+1. The van der Waals surface area contributed by atoms with E-state index in [1.165, 1.54) is 12.1 Å². The Kier molecular flexibility index (Phi) is 10.4. The molecule has 1 aromatic carbocycles. The van der Waals surface area contributed by atoms with E-state index in [1.807, 2.05) is 0 Å². The van der Waals surface area contributed by atoms with Crippen molar-refractivity contribution < 1.29 is 38.3 Å². The minimum Gasteiger partial charge on any atom is -0.402 e. The van der Waals surface area contributed by atoms with Crippen molar-refractivity contribution >= 4 is 7.32 Å². The Morgan fingerprint density at radius 2 is 1.83 bits per heavy atom. The molecule has 0 aliphatic heterocycles. The van der Waals surface area contributed by atoms with E-state index < -0.39 is 7.32 Å². The molecule has 0 saturated heterocycles. The van der Waals surface area contributed by atoms with Crippen molar-refractivity contribution in [3.63, 3.8) is 0 Å². The molecule has 0 saturated carbocycles. The molecule has 0 spiro atoms. The molecule has 60 valence electrons. The normalized spacial score (nSPS) is 7.33. The largest absolute Gasteiger partial charge is 1.00 e. The zero-order valence-corrected chi connectivity index (χ0v) is 6.61. The summed E-state index contributed by atoms with van der Waals surface area (Å²) in [6.07, 6.45) is 0. The van der Waals surface area contributed by atoms with Crippen molar-refractivity contribution in [3.05, 3.63) is 36.1 Å². The first-order valence-corrected chi connectivity index (χ1v) is 2.78. The Morgan fingerprint density at radius 1 is 1.33 bits per heavy atom. The fourth-order valence-electron chi connectivity index (χ4n) is 0.371. The second-order valence-corrected chi connectivity index (χ2v) is 1.57. The summed E-state index contributed by atoms with van der Waals surface area (Å²) in [6, 6.07) is 8.53. The van der Waals surface area contributed by atoms with E-state index in [1.54, 1.807) is 12.1 Å². The molecule has 12 heavy (non-hydrogen) atoms.